The van der Waals surface area contributed by atoms with E-state index in [1.165, 1.54) is 51.9 Å². The molecule has 0 aromatic heterocycles. The van der Waals surface area contributed by atoms with E-state index in [2.05, 4.69) is 10.2 Å². The van der Waals surface area contributed by atoms with Gasteiger partial charge in [-0.3, -0.25) is 0 Å². The third-order valence-corrected chi connectivity index (χ3v) is 2.35. The number of nitrogens with one attached hydrogen (secondary N) is 1. The summed E-state index contributed by atoms with van der Waals surface area (Å²) in [6.07, 6.45) is 5.53. The summed E-state index contributed by atoms with van der Waals surface area (Å²) in [5, 5.41) is 3.17. The van der Waals surface area contributed by atoms with Crippen molar-refractivity contribution in [3.63, 3.8) is 0 Å². The van der Waals surface area contributed by atoms with Crippen LogP contribution in [0, 0.1) is 0 Å². The van der Waals surface area contributed by atoms with Crippen LogP contribution in [-0.2, 0) is 0 Å². The van der Waals surface area contributed by atoms with E-state index in [9.17, 15) is 0 Å². The molecule has 1 heterocycles. The molecule has 0 bridgehead atoms. The summed E-state index contributed by atoms with van der Waals surface area (Å²) in [6.45, 7) is 5.19. The lowest BCUT2D eigenvalue weighted by molar-refractivity contribution is 0.329. The van der Waals surface area contributed by atoms with Crippen LogP contribution >= 0.6 is 0 Å². The van der Waals surface area contributed by atoms with E-state index in [4.69, 9.17) is 0 Å². The third-order valence-electron chi connectivity index (χ3n) is 2.35. The number of unbranched alkanes of at least 4 members (excludes halogenated alkanes) is 1. The summed E-state index contributed by atoms with van der Waals surface area (Å²) in [6, 6.07) is 0. The zero-order valence-electron chi connectivity index (χ0n) is 7.60. The van der Waals surface area contributed by atoms with Crippen molar-refractivity contribution in [2.24, 2.45) is 0 Å². The fourth-order valence-electron chi connectivity index (χ4n) is 1.64. The van der Waals surface area contributed by atoms with Crippen LogP contribution in [-0.4, -0.2) is 38.1 Å². The van der Waals surface area contributed by atoms with Crippen molar-refractivity contribution in [1.82, 2.24) is 10.2 Å². The molecule has 1 aliphatic rings. The van der Waals surface area contributed by atoms with Crippen LogP contribution in [0.1, 0.15) is 25.7 Å². The molecule has 1 rings (SSSR count). The average Bonchev–Trinajstić information content (AvgIpc) is 2.50. The molecule has 0 atom stereocenters. The van der Waals surface area contributed by atoms with Crippen LogP contribution in [0.4, 0.5) is 0 Å². The lowest BCUT2D eigenvalue weighted by Crippen LogP contribution is -2.21. The van der Waals surface area contributed by atoms with E-state index in [-0.39, 0.29) is 0 Å². The van der Waals surface area contributed by atoms with Crippen LogP contribution < -0.4 is 5.32 Å². The zero-order valence-corrected chi connectivity index (χ0v) is 7.60. The highest BCUT2D eigenvalue weighted by Crippen LogP contribution is 2.07. The molecular formula is C9H20N2. The second kappa shape index (κ2) is 5.56. The van der Waals surface area contributed by atoms with Gasteiger partial charge < -0.3 is 10.2 Å². The summed E-state index contributed by atoms with van der Waals surface area (Å²) in [5.41, 5.74) is 0. The minimum absolute atomic E-state index is 1.17. The highest BCUT2D eigenvalue weighted by molar-refractivity contribution is 4.65. The highest BCUT2D eigenvalue weighted by Gasteiger charge is 2.09. The molecule has 2 heteroatoms. The maximum atomic E-state index is 3.17. The van der Waals surface area contributed by atoms with E-state index in [0.717, 1.165) is 0 Å². The molecule has 0 radical (unpaired) electrons. The van der Waals surface area contributed by atoms with E-state index < -0.39 is 0 Å². The lowest BCUT2D eigenvalue weighted by atomic mass is 10.3. The number of hydrogen-bond acceptors (Lipinski definition) is 2. The Morgan fingerprint density at radius 2 is 1.91 bits per heavy atom. The van der Waals surface area contributed by atoms with Gasteiger partial charge in [-0.25, -0.2) is 0 Å². The van der Waals surface area contributed by atoms with Crippen molar-refractivity contribution in [2.45, 2.75) is 25.7 Å². The molecule has 1 fully saturated rings. The first-order valence-corrected chi connectivity index (χ1v) is 4.80. The SMILES string of the molecule is CNCCCCN1CCCC1. The molecule has 1 saturated heterocycles. The van der Waals surface area contributed by atoms with Crippen LogP contribution in [0.5, 0.6) is 0 Å². The maximum Gasteiger partial charge on any atom is -0.00183 e. The molecule has 0 aromatic carbocycles. The molecule has 0 aromatic rings. The molecule has 0 aliphatic carbocycles. The summed E-state index contributed by atoms with van der Waals surface area (Å²) in [5.74, 6) is 0. The van der Waals surface area contributed by atoms with Gasteiger partial charge in [0.15, 0.2) is 0 Å². The molecule has 0 saturated carbocycles. The first kappa shape index (κ1) is 9.01. The van der Waals surface area contributed by atoms with Crippen molar-refractivity contribution in [1.29, 1.82) is 0 Å². The summed E-state index contributed by atoms with van der Waals surface area (Å²) in [4.78, 5) is 2.58. The van der Waals surface area contributed by atoms with Gasteiger partial charge in [0.05, 0.1) is 0 Å². The maximum absolute atomic E-state index is 3.17. The van der Waals surface area contributed by atoms with Gasteiger partial charge in [0.2, 0.25) is 0 Å². The molecule has 11 heavy (non-hydrogen) atoms. The van der Waals surface area contributed by atoms with E-state index >= 15 is 0 Å². The summed E-state index contributed by atoms with van der Waals surface area (Å²) >= 11 is 0. The predicted molar refractivity (Wildman–Crippen MR) is 48.8 cm³/mol. The summed E-state index contributed by atoms with van der Waals surface area (Å²) in [7, 11) is 2.02. The van der Waals surface area contributed by atoms with Gasteiger partial charge in [0, 0.05) is 0 Å². The minimum atomic E-state index is 1.17. The van der Waals surface area contributed by atoms with Crippen molar-refractivity contribution in [2.75, 3.05) is 33.2 Å². The second-order valence-electron chi connectivity index (χ2n) is 3.36. The van der Waals surface area contributed by atoms with Crippen molar-refractivity contribution in [3.05, 3.63) is 0 Å². The Kier molecular flexibility index (Phi) is 4.55. The molecule has 1 aliphatic heterocycles. The van der Waals surface area contributed by atoms with Gasteiger partial charge in [0.25, 0.3) is 0 Å². The first-order valence-electron chi connectivity index (χ1n) is 4.80. The zero-order chi connectivity index (χ0) is 7.94. The Labute approximate surface area is 70.0 Å². The van der Waals surface area contributed by atoms with Gasteiger partial charge in [-0.05, 0) is 58.9 Å². The topological polar surface area (TPSA) is 15.3 Å². The molecule has 1 N–H and O–H groups in total. The van der Waals surface area contributed by atoms with Crippen LogP contribution in [0.25, 0.3) is 0 Å². The van der Waals surface area contributed by atoms with Gasteiger partial charge in [-0.2, -0.15) is 0 Å². The third kappa shape index (κ3) is 3.73. The predicted octanol–water partition coefficient (Wildman–Crippen LogP) is 1.08. The Balaban J connectivity index is 1.86. The van der Waals surface area contributed by atoms with Crippen molar-refractivity contribution in [3.8, 4) is 0 Å². The number of hydrogen-bond donors (Lipinski definition) is 1. The van der Waals surface area contributed by atoms with Crippen molar-refractivity contribution >= 4 is 0 Å². The molecule has 0 spiro atoms. The Hall–Kier alpha value is -0.0800. The molecule has 0 unspecified atom stereocenters. The fraction of sp³-hybridized carbons (Fsp3) is 1.00. The number of likely N-dealkylation sites (tertiary alicyclic amines) is 1. The molecule has 0 amide bonds. The normalized spacial score (nSPS) is 19.4. The smallest absolute Gasteiger partial charge is 0.00183 e. The van der Waals surface area contributed by atoms with E-state index in [1.54, 1.807) is 0 Å². The fourth-order valence-corrected chi connectivity index (χ4v) is 1.64. The molecule has 2 nitrogen and oxygen atoms in total. The van der Waals surface area contributed by atoms with Crippen LogP contribution in [0.2, 0.25) is 0 Å². The first-order chi connectivity index (χ1) is 5.43. The van der Waals surface area contributed by atoms with E-state index in [1.807, 2.05) is 7.05 Å². The van der Waals surface area contributed by atoms with Gasteiger partial charge in [-0.15, -0.1) is 0 Å². The van der Waals surface area contributed by atoms with Crippen LogP contribution in [0.15, 0.2) is 0 Å². The van der Waals surface area contributed by atoms with Gasteiger partial charge in [-0.1, -0.05) is 0 Å². The molecular weight excluding hydrogens is 136 g/mol. The van der Waals surface area contributed by atoms with Crippen molar-refractivity contribution < 1.29 is 0 Å². The second-order valence-corrected chi connectivity index (χ2v) is 3.36. The summed E-state index contributed by atoms with van der Waals surface area (Å²) < 4.78 is 0. The lowest BCUT2D eigenvalue weighted by Gasteiger charge is -2.13. The highest BCUT2D eigenvalue weighted by atomic mass is 15.1. The van der Waals surface area contributed by atoms with Gasteiger partial charge >= 0.3 is 0 Å². The Morgan fingerprint density at radius 1 is 1.18 bits per heavy atom. The quantitative estimate of drug-likeness (QED) is 0.599. The average molecular weight is 156 g/mol. The molecule has 66 valence electrons. The Morgan fingerprint density at radius 3 is 2.55 bits per heavy atom. The largest absolute Gasteiger partial charge is 0.320 e. The standard InChI is InChI=1S/C9H20N2/c1-10-6-2-3-7-11-8-4-5-9-11/h10H,2-9H2,1H3. The Bertz CT molecular complexity index is 87.6. The van der Waals surface area contributed by atoms with Gasteiger partial charge in [0.1, 0.15) is 0 Å². The van der Waals surface area contributed by atoms with Crippen LogP contribution in [0.3, 0.4) is 0 Å². The van der Waals surface area contributed by atoms with E-state index in [0.29, 0.717) is 0 Å². The minimum Gasteiger partial charge on any atom is -0.320 e. The monoisotopic (exact) mass is 156 g/mol. The number of rotatable bonds is 5. The number of nitrogens with zero attached hydrogens (tertiary/aromatic N) is 1.